The summed E-state index contributed by atoms with van der Waals surface area (Å²) in [4.78, 5) is 25.3. The molecule has 0 aliphatic heterocycles. The van der Waals surface area contributed by atoms with Gasteiger partial charge in [0.25, 0.3) is 0 Å². The van der Waals surface area contributed by atoms with Crippen molar-refractivity contribution in [1.82, 2.24) is 24.9 Å². The number of hydrogen-bond donors (Lipinski definition) is 0. The number of hydrogen-bond acceptors (Lipinski definition) is 7. The first-order valence-electron chi connectivity index (χ1n) is 16.3. The van der Waals surface area contributed by atoms with Gasteiger partial charge in [-0.05, 0) is 18.2 Å². The topological polar surface area (TPSA) is 64.5 Å². The van der Waals surface area contributed by atoms with Crippen LogP contribution < -0.4 is 0 Å². The van der Waals surface area contributed by atoms with Crippen LogP contribution in [0.1, 0.15) is 0 Å². The molecular weight excluding hydrogens is 651 g/mol. The minimum absolute atomic E-state index is 0.653. The number of thiophene rings is 2. The predicted molar refractivity (Wildman–Crippen MR) is 208 cm³/mol. The van der Waals surface area contributed by atoms with Crippen molar-refractivity contribution in [3.8, 4) is 56.8 Å². The average molecular weight is 676 g/mol. The van der Waals surface area contributed by atoms with Gasteiger partial charge in [-0.1, -0.05) is 133 Å². The van der Waals surface area contributed by atoms with Crippen molar-refractivity contribution in [2.45, 2.75) is 0 Å². The fourth-order valence-corrected chi connectivity index (χ4v) is 8.96. The van der Waals surface area contributed by atoms with E-state index in [-0.39, 0.29) is 0 Å². The standard InChI is InChI=1S/C43H25N5S2/c1-4-13-26(14-5-1)40-44-36(39-37(45-40)32-19-10-11-22-34(32)49-39)29-23-24-30-31-20-12-21-33(38(31)50-35(30)25-29)43-47-41(27-15-6-2-7-16-27)46-42(48-43)28-17-8-3-9-18-28/h1-25H. The highest BCUT2D eigenvalue weighted by molar-refractivity contribution is 7.26. The Hall–Kier alpha value is -6.15. The summed E-state index contributed by atoms with van der Waals surface area (Å²) in [5.41, 5.74) is 6.91. The van der Waals surface area contributed by atoms with Crippen molar-refractivity contribution in [2.24, 2.45) is 0 Å². The maximum Gasteiger partial charge on any atom is 0.165 e. The molecule has 0 spiro atoms. The van der Waals surface area contributed by atoms with Gasteiger partial charge in [0.15, 0.2) is 23.3 Å². The number of aromatic nitrogens is 5. The van der Waals surface area contributed by atoms with E-state index < -0.39 is 0 Å². The summed E-state index contributed by atoms with van der Waals surface area (Å²) < 4.78 is 4.63. The van der Waals surface area contributed by atoms with Gasteiger partial charge in [-0.2, -0.15) is 0 Å². The lowest BCUT2D eigenvalue weighted by molar-refractivity contribution is 1.08. The lowest BCUT2D eigenvalue weighted by Crippen LogP contribution is -2.00. The molecule has 5 nitrogen and oxygen atoms in total. The lowest BCUT2D eigenvalue weighted by atomic mass is 10.0. The summed E-state index contributed by atoms with van der Waals surface area (Å²) >= 11 is 3.52. The van der Waals surface area contributed by atoms with Crippen LogP contribution in [0.25, 0.3) is 97.3 Å². The molecule has 4 heterocycles. The Morgan fingerprint density at radius 3 is 1.58 bits per heavy atom. The van der Waals surface area contributed by atoms with Crippen molar-refractivity contribution in [3.05, 3.63) is 152 Å². The van der Waals surface area contributed by atoms with Crippen molar-refractivity contribution >= 4 is 63.1 Å². The van der Waals surface area contributed by atoms with Crippen molar-refractivity contribution in [3.63, 3.8) is 0 Å². The van der Waals surface area contributed by atoms with E-state index in [1.165, 1.54) is 20.2 Å². The fraction of sp³-hybridized carbons (Fsp3) is 0. The van der Waals surface area contributed by atoms with Crippen LogP contribution in [0.2, 0.25) is 0 Å². The van der Waals surface area contributed by atoms with Gasteiger partial charge in [0.2, 0.25) is 0 Å². The normalized spacial score (nSPS) is 11.6. The van der Waals surface area contributed by atoms with Gasteiger partial charge >= 0.3 is 0 Å². The second kappa shape index (κ2) is 11.8. The molecule has 4 aromatic heterocycles. The van der Waals surface area contributed by atoms with E-state index in [1.54, 1.807) is 22.7 Å². The molecule has 0 N–H and O–H groups in total. The fourth-order valence-electron chi connectivity index (χ4n) is 6.55. The zero-order chi connectivity index (χ0) is 33.0. The highest BCUT2D eigenvalue weighted by Crippen LogP contribution is 2.43. The van der Waals surface area contributed by atoms with E-state index in [1.807, 2.05) is 78.9 Å². The van der Waals surface area contributed by atoms with Gasteiger partial charge in [-0.3, -0.25) is 0 Å². The molecule has 234 valence electrons. The Morgan fingerprint density at radius 2 is 0.900 bits per heavy atom. The third-order valence-corrected chi connectivity index (χ3v) is 11.3. The molecule has 0 unspecified atom stereocenters. The van der Waals surface area contributed by atoms with Crippen LogP contribution in [-0.4, -0.2) is 24.9 Å². The summed E-state index contributed by atoms with van der Waals surface area (Å²) in [6.45, 7) is 0. The van der Waals surface area contributed by atoms with E-state index >= 15 is 0 Å². The molecule has 0 radical (unpaired) electrons. The first kappa shape index (κ1) is 28.8. The molecule has 0 aliphatic rings. The summed E-state index contributed by atoms with van der Waals surface area (Å²) in [6.07, 6.45) is 0. The minimum Gasteiger partial charge on any atom is -0.226 e. The molecule has 0 bridgehead atoms. The largest absolute Gasteiger partial charge is 0.226 e. The van der Waals surface area contributed by atoms with Crippen LogP contribution in [-0.2, 0) is 0 Å². The summed E-state index contributed by atoms with van der Waals surface area (Å²) in [6, 6.07) is 52.1. The summed E-state index contributed by atoms with van der Waals surface area (Å²) in [5, 5.41) is 3.53. The second-order valence-electron chi connectivity index (χ2n) is 12.1. The van der Waals surface area contributed by atoms with E-state index in [0.717, 1.165) is 59.6 Å². The molecule has 0 atom stereocenters. The minimum atomic E-state index is 0.653. The maximum absolute atomic E-state index is 5.22. The van der Waals surface area contributed by atoms with Crippen LogP contribution in [0, 0.1) is 0 Å². The van der Waals surface area contributed by atoms with Crippen LogP contribution >= 0.6 is 22.7 Å². The summed E-state index contributed by atoms with van der Waals surface area (Å²) in [7, 11) is 0. The zero-order valence-electron chi connectivity index (χ0n) is 26.5. The Morgan fingerprint density at radius 1 is 0.340 bits per heavy atom. The molecule has 6 aromatic carbocycles. The van der Waals surface area contributed by atoms with E-state index in [4.69, 9.17) is 24.9 Å². The zero-order valence-corrected chi connectivity index (χ0v) is 28.1. The molecule has 0 aliphatic carbocycles. The lowest BCUT2D eigenvalue weighted by Gasteiger charge is -2.09. The Balaban J connectivity index is 1.17. The number of nitrogens with zero attached hydrogens (tertiary/aromatic N) is 5. The van der Waals surface area contributed by atoms with Crippen molar-refractivity contribution < 1.29 is 0 Å². The quantitative estimate of drug-likeness (QED) is 0.182. The molecule has 0 saturated heterocycles. The van der Waals surface area contributed by atoms with Crippen LogP contribution in [0.3, 0.4) is 0 Å². The Bertz CT molecular complexity index is 2810. The van der Waals surface area contributed by atoms with Crippen LogP contribution in [0.15, 0.2) is 152 Å². The van der Waals surface area contributed by atoms with E-state index in [0.29, 0.717) is 17.5 Å². The summed E-state index contributed by atoms with van der Waals surface area (Å²) in [5.74, 6) is 2.69. The average Bonchev–Trinajstić information content (AvgIpc) is 3.76. The second-order valence-corrected chi connectivity index (χ2v) is 14.2. The van der Waals surface area contributed by atoms with Crippen LogP contribution in [0.4, 0.5) is 0 Å². The highest BCUT2D eigenvalue weighted by Gasteiger charge is 2.19. The molecule has 7 heteroatoms. The van der Waals surface area contributed by atoms with Crippen LogP contribution in [0.5, 0.6) is 0 Å². The van der Waals surface area contributed by atoms with Gasteiger partial charge in [-0.25, -0.2) is 24.9 Å². The third-order valence-electron chi connectivity index (χ3n) is 8.96. The Labute approximate surface area is 295 Å². The predicted octanol–water partition coefficient (Wildman–Crippen LogP) is 11.7. The Kier molecular flexibility index (Phi) is 6.79. The van der Waals surface area contributed by atoms with E-state index in [2.05, 4.69) is 72.8 Å². The number of fused-ring (bicyclic) bond motifs is 6. The first-order valence-corrected chi connectivity index (χ1v) is 18.0. The molecule has 0 saturated carbocycles. The van der Waals surface area contributed by atoms with E-state index in [9.17, 15) is 0 Å². The molecule has 10 rings (SSSR count). The SMILES string of the molecule is c1ccc(-c2nc(-c3ccccc3)nc(-c3cccc4c3sc3cc(-c5nc(-c6ccccc6)nc6c5sc5ccccc56)ccc34)n2)cc1. The molecular formula is C43H25N5S2. The first-order chi connectivity index (χ1) is 24.8. The van der Waals surface area contributed by atoms with Crippen molar-refractivity contribution in [2.75, 3.05) is 0 Å². The van der Waals surface area contributed by atoms with Gasteiger partial charge in [0.05, 0.1) is 15.9 Å². The maximum atomic E-state index is 5.22. The molecule has 10 aromatic rings. The van der Waals surface area contributed by atoms with Crippen molar-refractivity contribution in [1.29, 1.82) is 0 Å². The van der Waals surface area contributed by atoms with Gasteiger partial charge in [0, 0.05) is 58.1 Å². The monoisotopic (exact) mass is 675 g/mol. The highest BCUT2D eigenvalue weighted by atomic mass is 32.1. The smallest absolute Gasteiger partial charge is 0.165 e. The number of benzene rings is 6. The van der Waals surface area contributed by atoms with Gasteiger partial charge < -0.3 is 0 Å². The third kappa shape index (κ3) is 4.86. The molecule has 50 heavy (non-hydrogen) atoms. The number of rotatable bonds is 5. The van der Waals surface area contributed by atoms with Gasteiger partial charge in [-0.15, -0.1) is 22.7 Å². The molecule has 0 fully saturated rings. The van der Waals surface area contributed by atoms with Gasteiger partial charge in [0.1, 0.15) is 0 Å². The molecule has 0 amide bonds.